The number of rotatable bonds is 4. The van der Waals surface area contributed by atoms with Crippen LogP contribution in [0.1, 0.15) is 20.8 Å². The second-order valence-electron chi connectivity index (χ2n) is 5.52. The summed E-state index contributed by atoms with van der Waals surface area (Å²) in [5.41, 5.74) is 5.00. The van der Waals surface area contributed by atoms with Gasteiger partial charge in [-0.2, -0.15) is 0 Å². The number of guanidine groups is 1. The van der Waals surface area contributed by atoms with Crippen LogP contribution in [-0.2, 0) is 4.79 Å². The van der Waals surface area contributed by atoms with Crippen LogP contribution in [0.4, 0.5) is 14.5 Å². The van der Waals surface area contributed by atoms with Gasteiger partial charge in [0.2, 0.25) is 5.91 Å². The Morgan fingerprint density at radius 2 is 1.95 bits per heavy atom. The second-order valence-corrected chi connectivity index (χ2v) is 5.52. The molecule has 0 saturated carbocycles. The maximum atomic E-state index is 13.4. The minimum atomic E-state index is -0.629. The first-order valence-electron chi connectivity index (χ1n) is 6.50. The molecule has 0 unspecified atom stereocenters. The summed E-state index contributed by atoms with van der Waals surface area (Å²) in [6, 6.07) is 2.99. The zero-order chi connectivity index (χ0) is 16.0. The molecule has 0 aliphatic rings. The number of hydrogen-bond donors (Lipinski definition) is 3. The summed E-state index contributed by atoms with van der Waals surface area (Å²) in [7, 11) is 0. The van der Waals surface area contributed by atoms with Crippen molar-refractivity contribution in [1.29, 1.82) is 0 Å². The Morgan fingerprint density at radius 1 is 1.32 bits per heavy atom. The summed E-state index contributed by atoms with van der Waals surface area (Å²) < 4.78 is 26.3. The van der Waals surface area contributed by atoms with Crippen molar-refractivity contribution >= 4 is 41.5 Å². The fourth-order valence-corrected chi connectivity index (χ4v) is 1.38. The van der Waals surface area contributed by atoms with Crippen LogP contribution in [0, 0.1) is 17.0 Å². The van der Waals surface area contributed by atoms with Crippen LogP contribution in [0.3, 0.4) is 0 Å². The van der Waals surface area contributed by atoms with Gasteiger partial charge in [-0.05, 0) is 12.1 Å². The van der Waals surface area contributed by atoms with Crippen LogP contribution in [-0.4, -0.2) is 25.0 Å². The molecule has 0 saturated heterocycles. The number of carbonyl (C=O) groups excluding carboxylic acids is 1. The van der Waals surface area contributed by atoms with Gasteiger partial charge < -0.3 is 16.4 Å². The first-order valence-corrected chi connectivity index (χ1v) is 6.50. The predicted octanol–water partition coefficient (Wildman–Crippen LogP) is 2.47. The average Bonchev–Trinajstić information content (AvgIpc) is 2.37. The van der Waals surface area contributed by atoms with Gasteiger partial charge in [0.25, 0.3) is 0 Å². The van der Waals surface area contributed by atoms with Crippen molar-refractivity contribution in [1.82, 2.24) is 5.32 Å². The quantitative estimate of drug-likeness (QED) is 0.300. The van der Waals surface area contributed by atoms with E-state index in [4.69, 9.17) is 5.73 Å². The van der Waals surface area contributed by atoms with Gasteiger partial charge in [-0.3, -0.25) is 9.79 Å². The number of nitrogens with one attached hydrogen (secondary N) is 2. The molecule has 5 nitrogen and oxygen atoms in total. The Morgan fingerprint density at radius 3 is 2.55 bits per heavy atom. The van der Waals surface area contributed by atoms with Crippen molar-refractivity contribution in [3.63, 3.8) is 0 Å². The third-order valence-corrected chi connectivity index (χ3v) is 2.55. The van der Waals surface area contributed by atoms with Gasteiger partial charge in [0.05, 0.1) is 12.2 Å². The van der Waals surface area contributed by atoms with E-state index in [-0.39, 0.29) is 48.1 Å². The smallest absolute Gasteiger partial charge is 0.225 e. The number of nitrogens with two attached hydrogens (primary N) is 1. The van der Waals surface area contributed by atoms with Gasteiger partial charge in [0, 0.05) is 18.0 Å². The molecule has 1 aromatic rings. The maximum absolute atomic E-state index is 13.4. The molecule has 4 N–H and O–H groups in total. The monoisotopic (exact) mass is 426 g/mol. The van der Waals surface area contributed by atoms with Gasteiger partial charge in [-0.1, -0.05) is 20.8 Å². The van der Waals surface area contributed by atoms with E-state index in [1.54, 1.807) is 20.8 Å². The molecule has 0 spiro atoms. The average molecular weight is 426 g/mol. The van der Waals surface area contributed by atoms with E-state index < -0.39 is 17.0 Å². The minimum absolute atomic E-state index is 0. The van der Waals surface area contributed by atoms with E-state index in [1.807, 2.05) is 0 Å². The normalized spacial score (nSPS) is 11.6. The van der Waals surface area contributed by atoms with Crippen molar-refractivity contribution in [2.75, 3.05) is 18.4 Å². The number of aliphatic imine (C=N–C) groups is 1. The number of carbonyl (C=O) groups is 1. The van der Waals surface area contributed by atoms with E-state index in [0.717, 1.165) is 18.2 Å². The van der Waals surface area contributed by atoms with Crippen molar-refractivity contribution in [2.45, 2.75) is 20.8 Å². The molecule has 0 aliphatic carbocycles. The fraction of sp³-hybridized carbons (Fsp3) is 0.429. The summed E-state index contributed by atoms with van der Waals surface area (Å²) in [5, 5.41) is 5.17. The van der Waals surface area contributed by atoms with Crippen LogP contribution >= 0.6 is 24.0 Å². The molecule has 0 atom stereocenters. The number of anilines is 1. The minimum Gasteiger partial charge on any atom is -0.370 e. The highest BCUT2D eigenvalue weighted by atomic mass is 127. The molecular formula is C14H21F2IN4O. The molecule has 22 heavy (non-hydrogen) atoms. The highest BCUT2D eigenvalue weighted by Crippen LogP contribution is 2.14. The van der Waals surface area contributed by atoms with Crippen LogP contribution in [0.25, 0.3) is 0 Å². The van der Waals surface area contributed by atoms with Crippen LogP contribution in [0.5, 0.6) is 0 Å². The van der Waals surface area contributed by atoms with Crippen LogP contribution < -0.4 is 16.4 Å². The van der Waals surface area contributed by atoms with Crippen LogP contribution in [0.2, 0.25) is 0 Å². The Hall–Kier alpha value is -1.45. The molecule has 8 heteroatoms. The zero-order valence-corrected chi connectivity index (χ0v) is 15.1. The molecule has 0 radical (unpaired) electrons. The van der Waals surface area contributed by atoms with Gasteiger partial charge in [0.1, 0.15) is 11.6 Å². The number of hydrogen-bond acceptors (Lipinski definition) is 2. The van der Waals surface area contributed by atoms with E-state index in [2.05, 4.69) is 15.6 Å². The third kappa shape index (κ3) is 7.01. The Balaban J connectivity index is 0.00000441. The highest BCUT2D eigenvalue weighted by molar-refractivity contribution is 14.0. The van der Waals surface area contributed by atoms with E-state index in [9.17, 15) is 13.6 Å². The molecule has 1 rings (SSSR count). The number of benzene rings is 1. The lowest BCUT2D eigenvalue weighted by atomic mass is 9.96. The standard InChI is InChI=1S/C14H20F2N4O.HI/c1-14(2,3)12(21)18-6-7-19-13(17)20-11-8-9(15)4-5-10(11)16;/h4-5,8H,6-7H2,1-3H3,(H,18,21)(H3,17,19,20);1H. The molecular weight excluding hydrogens is 405 g/mol. The summed E-state index contributed by atoms with van der Waals surface area (Å²) in [6.07, 6.45) is 0. The van der Waals surface area contributed by atoms with Crippen molar-refractivity contribution < 1.29 is 13.6 Å². The maximum Gasteiger partial charge on any atom is 0.225 e. The molecule has 0 aliphatic heterocycles. The van der Waals surface area contributed by atoms with Crippen molar-refractivity contribution in [3.8, 4) is 0 Å². The molecule has 124 valence electrons. The number of amides is 1. The molecule has 1 amide bonds. The van der Waals surface area contributed by atoms with E-state index in [1.165, 1.54) is 0 Å². The molecule has 0 aromatic heterocycles. The number of nitrogens with zero attached hydrogens (tertiary/aromatic N) is 1. The lowest BCUT2D eigenvalue weighted by Crippen LogP contribution is -2.36. The first kappa shape index (κ1) is 20.6. The van der Waals surface area contributed by atoms with Crippen molar-refractivity contribution in [2.24, 2.45) is 16.1 Å². The summed E-state index contributed by atoms with van der Waals surface area (Å²) in [4.78, 5) is 15.5. The van der Waals surface area contributed by atoms with Gasteiger partial charge in [-0.15, -0.1) is 24.0 Å². The van der Waals surface area contributed by atoms with Gasteiger partial charge in [0.15, 0.2) is 5.96 Å². The topological polar surface area (TPSA) is 79.5 Å². The Kier molecular flexibility index (Phi) is 8.28. The largest absolute Gasteiger partial charge is 0.370 e. The lowest BCUT2D eigenvalue weighted by molar-refractivity contribution is -0.128. The van der Waals surface area contributed by atoms with Gasteiger partial charge >= 0.3 is 0 Å². The van der Waals surface area contributed by atoms with E-state index >= 15 is 0 Å². The molecule has 0 bridgehead atoms. The molecule has 0 fully saturated rings. The summed E-state index contributed by atoms with van der Waals surface area (Å²) in [5.74, 6) is -1.36. The zero-order valence-electron chi connectivity index (χ0n) is 12.7. The fourth-order valence-electron chi connectivity index (χ4n) is 1.38. The predicted molar refractivity (Wildman–Crippen MR) is 94.3 cm³/mol. The molecule has 0 heterocycles. The lowest BCUT2D eigenvalue weighted by Gasteiger charge is -2.17. The molecule has 1 aromatic carbocycles. The summed E-state index contributed by atoms with van der Waals surface area (Å²) >= 11 is 0. The van der Waals surface area contributed by atoms with Crippen LogP contribution in [0.15, 0.2) is 23.2 Å². The third-order valence-electron chi connectivity index (χ3n) is 2.55. The Bertz CT molecular complexity index is 544. The Labute approximate surface area is 145 Å². The first-order chi connectivity index (χ1) is 9.70. The highest BCUT2D eigenvalue weighted by Gasteiger charge is 2.20. The van der Waals surface area contributed by atoms with E-state index in [0.29, 0.717) is 6.54 Å². The van der Waals surface area contributed by atoms with Crippen molar-refractivity contribution in [3.05, 3.63) is 29.8 Å². The second kappa shape index (κ2) is 8.86. The van der Waals surface area contributed by atoms with Gasteiger partial charge in [-0.25, -0.2) is 8.78 Å². The summed E-state index contributed by atoms with van der Waals surface area (Å²) in [6.45, 7) is 5.94. The SMILES string of the molecule is CC(C)(C)C(=O)NCCN=C(N)Nc1cc(F)ccc1F.I. The number of halogens is 3.